The highest BCUT2D eigenvalue weighted by Gasteiger charge is 2.30. The van der Waals surface area contributed by atoms with Gasteiger partial charge in [-0.25, -0.2) is 0 Å². The van der Waals surface area contributed by atoms with E-state index in [4.69, 9.17) is 10.7 Å². The highest BCUT2D eigenvalue weighted by Crippen LogP contribution is 2.37. The lowest BCUT2D eigenvalue weighted by Crippen LogP contribution is -2.30. The highest BCUT2D eigenvalue weighted by molar-refractivity contribution is 9.10. The molecule has 92 valence electrons. The van der Waals surface area contributed by atoms with Crippen LogP contribution in [0.4, 0.5) is 5.69 Å². The van der Waals surface area contributed by atoms with Crippen LogP contribution >= 0.6 is 27.7 Å². The number of nitrogen functional groups attached to an aromatic ring is 1. The lowest BCUT2D eigenvalue weighted by Gasteiger charge is -2.31. The van der Waals surface area contributed by atoms with Crippen LogP contribution in [0.5, 0.6) is 0 Å². The summed E-state index contributed by atoms with van der Waals surface area (Å²) in [6.45, 7) is 2.16. The molecule has 0 saturated carbocycles. The lowest BCUT2D eigenvalue weighted by atomic mass is 9.89. The first-order valence-electron chi connectivity index (χ1n) is 5.50. The quantitative estimate of drug-likeness (QED) is 0.784. The fourth-order valence-corrected chi connectivity index (χ4v) is 3.53. The normalized spacial score (nSPS) is 24.3. The molecule has 1 aliphatic rings. The first-order valence-corrected chi connectivity index (χ1v) is 7.28. The number of nitrogens with two attached hydrogens (primary N) is 1. The van der Waals surface area contributed by atoms with Gasteiger partial charge in [-0.3, -0.25) is 4.99 Å². The fourth-order valence-electron chi connectivity index (χ4n) is 1.92. The third-order valence-corrected chi connectivity index (χ3v) is 4.37. The Bertz CT molecular complexity index is 441. The van der Waals surface area contributed by atoms with Gasteiger partial charge in [0.1, 0.15) is 0 Å². The summed E-state index contributed by atoms with van der Waals surface area (Å²) >= 11 is 5.25. The number of nitrogens with one attached hydrogen (secondary N) is 1. The summed E-state index contributed by atoms with van der Waals surface area (Å²) in [6, 6.07) is 6.02. The van der Waals surface area contributed by atoms with E-state index >= 15 is 0 Å². The summed E-state index contributed by atoms with van der Waals surface area (Å²) < 4.78 is 1.01. The Morgan fingerprint density at radius 2 is 2.24 bits per heavy atom. The number of aliphatic imine (C=N–C) groups is 1. The van der Waals surface area contributed by atoms with Gasteiger partial charge in [0.25, 0.3) is 0 Å². The number of rotatable bonds is 1. The SMILES string of the molecule is CNC1=NC(C)(c2cc(N)cc(Br)c2)CCS1. The molecule has 0 aliphatic carbocycles. The highest BCUT2D eigenvalue weighted by atomic mass is 79.9. The van der Waals surface area contributed by atoms with Gasteiger partial charge in [0.15, 0.2) is 5.17 Å². The van der Waals surface area contributed by atoms with Gasteiger partial charge in [-0.15, -0.1) is 0 Å². The molecule has 1 aliphatic heterocycles. The van der Waals surface area contributed by atoms with E-state index in [2.05, 4.69) is 34.2 Å². The molecule has 1 aromatic carbocycles. The fraction of sp³-hybridized carbons (Fsp3) is 0.417. The molecule has 17 heavy (non-hydrogen) atoms. The molecule has 1 heterocycles. The summed E-state index contributed by atoms with van der Waals surface area (Å²) in [5.41, 5.74) is 7.65. The Morgan fingerprint density at radius 1 is 1.47 bits per heavy atom. The molecule has 0 aromatic heterocycles. The first kappa shape index (κ1) is 12.8. The maximum Gasteiger partial charge on any atom is 0.157 e. The average molecular weight is 314 g/mol. The molecule has 0 fully saturated rings. The smallest absolute Gasteiger partial charge is 0.157 e. The third-order valence-electron chi connectivity index (χ3n) is 2.93. The van der Waals surface area contributed by atoms with Gasteiger partial charge < -0.3 is 11.1 Å². The lowest BCUT2D eigenvalue weighted by molar-refractivity contribution is 0.480. The van der Waals surface area contributed by atoms with Gasteiger partial charge >= 0.3 is 0 Å². The average Bonchev–Trinajstić information content (AvgIpc) is 2.28. The Balaban J connectivity index is 2.43. The van der Waals surface area contributed by atoms with Crippen molar-refractivity contribution in [1.82, 2.24) is 5.32 Å². The second-order valence-corrected chi connectivity index (χ2v) is 6.31. The summed E-state index contributed by atoms with van der Waals surface area (Å²) in [4.78, 5) is 4.78. The van der Waals surface area contributed by atoms with Crippen molar-refractivity contribution in [3.63, 3.8) is 0 Å². The van der Waals surface area contributed by atoms with E-state index in [0.29, 0.717) is 0 Å². The predicted octanol–water partition coefficient (Wildman–Crippen LogP) is 2.96. The summed E-state index contributed by atoms with van der Waals surface area (Å²) in [5, 5.41) is 4.13. The Morgan fingerprint density at radius 3 is 2.88 bits per heavy atom. The maximum atomic E-state index is 5.89. The molecule has 1 aromatic rings. The molecule has 0 saturated heterocycles. The number of hydrogen-bond acceptors (Lipinski definition) is 4. The molecule has 2 rings (SSSR count). The molecule has 0 bridgehead atoms. The minimum absolute atomic E-state index is 0.179. The number of thioether (sulfide) groups is 1. The van der Waals surface area contributed by atoms with Gasteiger partial charge in [-0.2, -0.15) is 0 Å². The van der Waals surface area contributed by atoms with Crippen LogP contribution in [0.2, 0.25) is 0 Å². The number of amidine groups is 1. The molecule has 1 atom stereocenters. The molecule has 5 heteroatoms. The number of nitrogens with zero attached hydrogens (tertiary/aromatic N) is 1. The Labute approximate surface area is 114 Å². The topological polar surface area (TPSA) is 50.4 Å². The zero-order valence-corrected chi connectivity index (χ0v) is 12.4. The zero-order valence-electron chi connectivity index (χ0n) is 9.96. The zero-order chi connectivity index (χ0) is 12.5. The van der Waals surface area contributed by atoms with Gasteiger partial charge in [-0.05, 0) is 37.1 Å². The number of benzene rings is 1. The van der Waals surface area contributed by atoms with Crippen molar-refractivity contribution < 1.29 is 0 Å². The van der Waals surface area contributed by atoms with E-state index in [0.717, 1.165) is 33.1 Å². The number of anilines is 1. The maximum absolute atomic E-state index is 5.89. The van der Waals surface area contributed by atoms with Crippen molar-refractivity contribution in [3.8, 4) is 0 Å². The van der Waals surface area contributed by atoms with E-state index in [1.807, 2.05) is 19.2 Å². The third kappa shape index (κ3) is 2.77. The number of halogens is 1. The van der Waals surface area contributed by atoms with Crippen molar-refractivity contribution in [2.45, 2.75) is 18.9 Å². The van der Waals surface area contributed by atoms with Crippen molar-refractivity contribution >= 4 is 38.5 Å². The van der Waals surface area contributed by atoms with Crippen molar-refractivity contribution in [1.29, 1.82) is 0 Å². The minimum Gasteiger partial charge on any atom is -0.399 e. The molecule has 0 amide bonds. The second kappa shape index (κ2) is 4.90. The van der Waals surface area contributed by atoms with E-state index < -0.39 is 0 Å². The number of hydrogen-bond donors (Lipinski definition) is 2. The molecule has 3 N–H and O–H groups in total. The van der Waals surface area contributed by atoms with Crippen LogP contribution in [0.25, 0.3) is 0 Å². The van der Waals surface area contributed by atoms with Gasteiger partial charge in [0, 0.05) is 23.0 Å². The molecule has 3 nitrogen and oxygen atoms in total. The minimum atomic E-state index is -0.179. The summed E-state index contributed by atoms with van der Waals surface area (Å²) in [5.74, 6) is 1.07. The van der Waals surface area contributed by atoms with Crippen LogP contribution in [0, 0.1) is 0 Å². The Hall–Kier alpha value is -0.680. The first-order chi connectivity index (χ1) is 8.03. The van der Waals surface area contributed by atoms with Gasteiger partial charge in [0.05, 0.1) is 5.54 Å². The van der Waals surface area contributed by atoms with E-state index in [1.54, 1.807) is 11.8 Å². The molecule has 0 radical (unpaired) electrons. The van der Waals surface area contributed by atoms with Crippen LogP contribution in [-0.2, 0) is 5.54 Å². The van der Waals surface area contributed by atoms with Crippen LogP contribution in [0.15, 0.2) is 27.7 Å². The molecule has 0 spiro atoms. The molecular weight excluding hydrogens is 298 g/mol. The summed E-state index contributed by atoms with van der Waals surface area (Å²) in [7, 11) is 1.91. The van der Waals surface area contributed by atoms with Crippen LogP contribution in [0.1, 0.15) is 18.9 Å². The predicted molar refractivity (Wildman–Crippen MR) is 79.5 cm³/mol. The van der Waals surface area contributed by atoms with Crippen molar-refractivity contribution in [2.75, 3.05) is 18.5 Å². The van der Waals surface area contributed by atoms with Gasteiger partial charge in [0.2, 0.25) is 0 Å². The largest absolute Gasteiger partial charge is 0.399 e. The summed E-state index contributed by atoms with van der Waals surface area (Å²) in [6.07, 6.45) is 1.03. The van der Waals surface area contributed by atoms with Crippen LogP contribution < -0.4 is 11.1 Å². The monoisotopic (exact) mass is 313 g/mol. The van der Waals surface area contributed by atoms with E-state index in [-0.39, 0.29) is 5.54 Å². The van der Waals surface area contributed by atoms with Crippen molar-refractivity contribution in [2.24, 2.45) is 4.99 Å². The Kier molecular flexibility index (Phi) is 3.68. The molecular formula is C12H16BrN3S. The van der Waals surface area contributed by atoms with Crippen LogP contribution in [-0.4, -0.2) is 18.0 Å². The standard InChI is InChI=1S/C12H16BrN3S/c1-12(3-4-17-11(15-2)16-12)8-5-9(13)7-10(14)6-8/h5-7H,3-4,14H2,1-2H3,(H,15,16). The van der Waals surface area contributed by atoms with Crippen molar-refractivity contribution in [3.05, 3.63) is 28.2 Å². The molecule has 1 unspecified atom stereocenters. The van der Waals surface area contributed by atoms with Gasteiger partial charge in [-0.1, -0.05) is 27.7 Å². The van der Waals surface area contributed by atoms with Crippen LogP contribution in [0.3, 0.4) is 0 Å². The second-order valence-electron chi connectivity index (χ2n) is 4.31. The van der Waals surface area contributed by atoms with E-state index in [9.17, 15) is 0 Å². The van der Waals surface area contributed by atoms with E-state index in [1.165, 1.54) is 0 Å².